The summed E-state index contributed by atoms with van der Waals surface area (Å²) in [6, 6.07) is 23.5. The standard InChI is InChI=1S/C25H18Cl2N4/c1-16-14-20(10-11-21(16)27)29-22-12-7-18(15-28-22)25-24(17-5-8-19(26)9-6-17)30-23-4-2-3-13-31(23)25/h2-15H,1H3,(H,28,29). The minimum atomic E-state index is 0.698. The highest BCUT2D eigenvalue weighted by atomic mass is 35.5. The summed E-state index contributed by atoms with van der Waals surface area (Å²) in [6.07, 6.45) is 3.88. The number of hydrogen-bond donors (Lipinski definition) is 1. The number of aromatic nitrogens is 3. The highest BCUT2D eigenvalue weighted by molar-refractivity contribution is 6.31. The molecule has 152 valence electrons. The highest BCUT2D eigenvalue weighted by Gasteiger charge is 2.16. The summed E-state index contributed by atoms with van der Waals surface area (Å²) < 4.78 is 2.08. The van der Waals surface area contributed by atoms with Gasteiger partial charge in [0.1, 0.15) is 11.5 Å². The number of halogens is 2. The lowest BCUT2D eigenvalue weighted by molar-refractivity contribution is 1.18. The van der Waals surface area contributed by atoms with Gasteiger partial charge in [0.2, 0.25) is 0 Å². The highest BCUT2D eigenvalue weighted by Crippen LogP contribution is 2.33. The number of rotatable bonds is 4. The van der Waals surface area contributed by atoms with Crippen LogP contribution in [0.4, 0.5) is 11.5 Å². The zero-order valence-corrected chi connectivity index (χ0v) is 18.2. The van der Waals surface area contributed by atoms with E-state index in [9.17, 15) is 0 Å². The molecule has 0 bridgehead atoms. The molecule has 0 saturated carbocycles. The normalized spacial score (nSPS) is 11.1. The Morgan fingerprint density at radius 3 is 2.42 bits per heavy atom. The molecule has 0 aliphatic carbocycles. The minimum Gasteiger partial charge on any atom is -0.340 e. The molecule has 0 radical (unpaired) electrons. The SMILES string of the molecule is Cc1cc(Nc2ccc(-c3c(-c4ccc(Cl)cc4)nc4ccccn34)cn2)ccc1Cl. The lowest BCUT2D eigenvalue weighted by Gasteiger charge is -2.09. The fourth-order valence-electron chi connectivity index (χ4n) is 3.56. The first-order chi connectivity index (χ1) is 15.1. The molecule has 4 nitrogen and oxygen atoms in total. The van der Waals surface area contributed by atoms with Crippen LogP contribution in [-0.4, -0.2) is 14.4 Å². The third kappa shape index (κ3) is 3.88. The van der Waals surface area contributed by atoms with E-state index in [1.807, 2.05) is 92.1 Å². The molecule has 0 spiro atoms. The number of aryl methyl sites for hydroxylation is 1. The predicted octanol–water partition coefficient (Wildman–Crippen LogP) is 7.42. The van der Waals surface area contributed by atoms with Gasteiger partial charge >= 0.3 is 0 Å². The van der Waals surface area contributed by atoms with Gasteiger partial charge in [-0.1, -0.05) is 41.4 Å². The predicted molar refractivity (Wildman–Crippen MR) is 128 cm³/mol. The van der Waals surface area contributed by atoms with E-state index in [-0.39, 0.29) is 0 Å². The van der Waals surface area contributed by atoms with Crippen LogP contribution in [0.25, 0.3) is 28.2 Å². The van der Waals surface area contributed by atoms with Gasteiger partial charge in [-0.05, 0) is 67.1 Å². The van der Waals surface area contributed by atoms with E-state index >= 15 is 0 Å². The molecule has 0 saturated heterocycles. The smallest absolute Gasteiger partial charge is 0.137 e. The molecule has 3 heterocycles. The molecule has 5 aromatic rings. The number of fused-ring (bicyclic) bond motifs is 1. The molecule has 3 aromatic heterocycles. The molecule has 2 aromatic carbocycles. The Balaban J connectivity index is 1.55. The Morgan fingerprint density at radius 1 is 0.871 bits per heavy atom. The van der Waals surface area contributed by atoms with Gasteiger partial charge in [-0.15, -0.1) is 0 Å². The van der Waals surface area contributed by atoms with Gasteiger partial charge < -0.3 is 5.32 Å². The first-order valence-electron chi connectivity index (χ1n) is 9.81. The van der Waals surface area contributed by atoms with Crippen LogP contribution >= 0.6 is 23.2 Å². The molecular formula is C25H18Cl2N4. The average molecular weight is 445 g/mol. The second-order valence-electron chi connectivity index (χ2n) is 7.27. The summed E-state index contributed by atoms with van der Waals surface area (Å²) in [5.41, 5.74) is 6.68. The molecule has 0 aliphatic rings. The van der Waals surface area contributed by atoms with Crippen molar-refractivity contribution < 1.29 is 0 Å². The van der Waals surface area contributed by atoms with Gasteiger partial charge in [0, 0.05) is 39.3 Å². The van der Waals surface area contributed by atoms with Gasteiger partial charge in [-0.25, -0.2) is 9.97 Å². The second kappa shape index (κ2) is 8.06. The molecule has 0 amide bonds. The van der Waals surface area contributed by atoms with Gasteiger partial charge in [-0.3, -0.25) is 4.40 Å². The van der Waals surface area contributed by atoms with Crippen molar-refractivity contribution in [1.29, 1.82) is 0 Å². The number of nitrogens with one attached hydrogen (secondary N) is 1. The van der Waals surface area contributed by atoms with Gasteiger partial charge in [0.15, 0.2) is 0 Å². The maximum Gasteiger partial charge on any atom is 0.137 e. The molecule has 1 N–H and O–H groups in total. The third-order valence-corrected chi connectivity index (χ3v) is 5.79. The van der Waals surface area contributed by atoms with E-state index in [2.05, 4.69) is 14.7 Å². The van der Waals surface area contributed by atoms with Crippen LogP contribution in [0.5, 0.6) is 0 Å². The lowest BCUT2D eigenvalue weighted by atomic mass is 10.1. The van der Waals surface area contributed by atoms with E-state index in [1.165, 1.54) is 0 Å². The fourth-order valence-corrected chi connectivity index (χ4v) is 3.80. The average Bonchev–Trinajstić information content (AvgIpc) is 3.17. The zero-order valence-electron chi connectivity index (χ0n) is 16.7. The van der Waals surface area contributed by atoms with E-state index in [4.69, 9.17) is 28.2 Å². The third-order valence-electron chi connectivity index (χ3n) is 5.11. The van der Waals surface area contributed by atoms with Crippen molar-refractivity contribution in [3.8, 4) is 22.5 Å². The Labute approximate surface area is 190 Å². The largest absolute Gasteiger partial charge is 0.340 e. The Hall–Kier alpha value is -3.34. The summed E-state index contributed by atoms with van der Waals surface area (Å²) in [4.78, 5) is 9.49. The maximum atomic E-state index is 6.12. The quantitative estimate of drug-likeness (QED) is 0.313. The molecule has 5 rings (SSSR count). The summed E-state index contributed by atoms with van der Waals surface area (Å²) in [6.45, 7) is 1.98. The van der Waals surface area contributed by atoms with Crippen molar-refractivity contribution in [3.05, 3.63) is 101 Å². The number of hydrogen-bond acceptors (Lipinski definition) is 3. The van der Waals surface area contributed by atoms with E-state index in [1.54, 1.807) is 0 Å². The van der Waals surface area contributed by atoms with Crippen molar-refractivity contribution in [2.45, 2.75) is 6.92 Å². The molecule has 0 fully saturated rings. The van der Waals surface area contributed by atoms with Gasteiger partial charge in [-0.2, -0.15) is 0 Å². The molecule has 0 unspecified atom stereocenters. The summed E-state index contributed by atoms with van der Waals surface area (Å²) >= 11 is 12.2. The zero-order chi connectivity index (χ0) is 21.4. The van der Waals surface area contributed by atoms with Crippen LogP contribution in [0.15, 0.2) is 85.2 Å². The Morgan fingerprint density at radius 2 is 1.68 bits per heavy atom. The van der Waals surface area contributed by atoms with Crippen molar-refractivity contribution in [3.63, 3.8) is 0 Å². The summed E-state index contributed by atoms with van der Waals surface area (Å²) in [7, 11) is 0. The van der Waals surface area contributed by atoms with Crippen LogP contribution < -0.4 is 5.32 Å². The lowest BCUT2D eigenvalue weighted by Crippen LogP contribution is -1.95. The summed E-state index contributed by atoms with van der Waals surface area (Å²) in [5, 5.41) is 4.77. The van der Waals surface area contributed by atoms with Crippen LogP contribution in [0, 0.1) is 6.92 Å². The molecule has 6 heteroatoms. The maximum absolute atomic E-state index is 6.12. The van der Waals surface area contributed by atoms with Crippen molar-refractivity contribution in [2.75, 3.05) is 5.32 Å². The number of benzene rings is 2. The van der Waals surface area contributed by atoms with Crippen molar-refractivity contribution >= 4 is 40.4 Å². The number of anilines is 2. The molecule has 31 heavy (non-hydrogen) atoms. The topological polar surface area (TPSA) is 42.2 Å². The van der Waals surface area contributed by atoms with E-state index in [0.717, 1.165) is 50.3 Å². The van der Waals surface area contributed by atoms with Crippen molar-refractivity contribution in [2.24, 2.45) is 0 Å². The van der Waals surface area contributed by atoms with Gasteiger partial charge in [0.05, 0.1) is 11.4 Å². The second-order valence-corrected chi connectivity index (χ2v) is 8.11. The van der Waals surface area contributed by atoms with Crippen LogP contribution in [0.2, 0.25) is 10.0 Å². The molecule has 0 aliphatic heterocycles. The molecular weight excluding hydrogens is 427 g/mol. The molecule has 0 atom stereocenters. The van der Waals surface area contributed by atoms with E-state index in [0.29, 0.717) is 5.02 Å². The first-order valence-corrected chi connectivity index (χ1v) is 10.6. The first kappa shape index (κ1) is 19.6. The Bertz CT molecular complexity index is 1370. The van der Waals surface area contributed by atoms with Crippen LogP contribution in [0.3, 0.4) is 0 Å². The van der Waals surface area contributed by atoms with Crippen LogP contribution in [-0.2, 0) is 0 Å². The van der Waals surface area contributed by atoms with Crippen LogP contribution in [0.1, 0.15) is 5.56 Å². The monoisotopic (exact) mass is 444 g/mol. The number of nitrogens with zero attached hydrogens (tertiary/aromatic N) is 3. The van der Waals surface area contributed by atoms with Gasteiger partial charge in [0.25, 0.3) is 0 Å². The van der Waals surface area contributed by atoms with Crippen molar-refractivity contribution in [1.82, 2.24) is 14.4 Å². The summed E-state index contributed by atoms with van der Waals surface area (Å²) in [5.74, 6) is 0.757. The number of pyridine rings is 2. The fraction of sp³-hybridized carbons (Fsp3) is 0.0400. The van der Waals surface area contributed by atoms with E-state index < -0.39 is 0 Å². The Kier molecular flexibility index (Phi) is 5.10. The minimum absolute atomic E-state index is 0.698. The number of imidazole rings is 1.